The van der Waals surface area contributed by atoms with Gasteiger partial charge in [0.25, 0.3) is 5.56 Å². The fourth-order valence-electron chi connectivity index (χ4n) is 1.55. The van der Waals surface area contributed by atoms with Crippen LogP contribution in [0.5, 0.6) is 5.88 Å². The van der Waals surface area contributed by atoms with Crippen LogP contribution in [0, 0.1) is 5.82 Å². The minimum absolute atomic E-state index is 0.0850. The molecule has 0 radical (unpaired) electrons. The zero-order valence-electron chi connectivity index (χ0n) is 8.81. The van der Waals surface area contributed by atoms with Crippen molar-refractivity contribution in [1.82, 2.24) is 9.55 Å². The minimum Gasteiger partial charge on any atom is -0.492 e. The molecule has 2 heterocycles. The van der Waals surface area contributed by atoms with Crippen molar-refractivity contribution in [3.63, 3.8) is 0 Å². The van der Waals surface area contributed by atoms with Gasteiger partial charge in [-0.1, -0.05) is 0 Å². The second-order valence-corrected chi connectivity index (χ2v) is 3.58. The molecule has 1 aliphatic heterocycles. The molecule has 1 unspecified atom stereocenters. The second kappa shape index (κ2) is 4.68. The summed E-state index contributed by atoms with van der Waals surface area (Å²) in [6.07, 6.45) is -0.461. The third kappa shape index (κ3) is 2.37. The van der Waals surface area contributed by atoms with E-state index >= 15 is 0 Å². The molecule has 0 bridgehead atoms. The van der Waals surface area contributed by atoms with Crippen molar-refractivity contribution in [3.05, 3.63) is 26.7 Å². The molecule has 0 aliphatic carbocycles. The standard InChI is InChI=1S/C9H11FN2O5/c10-6-7(13)11-9(15)12(8(6)14)3-5-4-16-1-2-17-5/h5,14H,1-4H2,(H,11,13,15). The Balaban J connectivity index is 2.29. The van der Waals surface area contributed by atoms with Crippen molar-refractivity contribution in [2.45, 2.75) is 12.6 Å². The molecule has 2 N–H and O–H groups in total. The van der Waals surface area contributed by atoms with E-state index in [0.717, 1.165) is 0 Å². The van der Waals surface area contributed by atoms with Crippen LogP contribution in [0.4, 0.5) is 4.39 Å². The first-order chi connectivity index (χ1) is 8.09. The predicted molar refractivity (Wildman–Crippen MR) is 53.5 cm³/mol. The van der Waals surface area contributed by atoms with Gasteiger partial charge in [0.2, 0.25) is 11.7 Å². The highest BCUT2D eigenvalue weighted by molar-refractivity contribution is 5.09. The Hall–Kier alpha value is -1.67. The first kappa shape index (κ1) is 11.8. The molecule has 0 spiro atoms. The molecular weight excluding hydrogens is 235 g/mol. The Kier molecular flexibility index (Phi) is 3.25. The fourth-order valence-corrected chi connectivity index (χ4v) is 1.55. The molecule has 1 fully saturated rings. The number of hydrogen-bond acceptors (Lipinski definition) is 5. The maximum atomic E-state index is 13.1. The molecule has 7 nitrogen and oxygen atoms in total. The van der Waals surface area contributed by atoms with Crippen LogP contribution in [0.15, 0.2) is 9.59 Å². The number of H-pyrrole nitrogens is 1. The van der Waals surface area contributed by atoms with E-state index < -0.39 is 29.1 Å². The van der Waals surface area contributed by atoms with Crippen LogP contribution in [0.1, 0.15) is 0 Å². The molecule has 17 heavy (non-hydrogen) atoms. The van der Waals surface area contributed by atoms with Gasteiger partial charge in [-0.2, -0.15) is 4.39 Å². The van der Waals surface area contributed by atoms with Gasteiger partial charge in [0.05, 0.1) is 32.5 Å². The number of aromatic amines is 1. The number of hydrogen-bond donors (Lipinski definition) is 2. The van der Waals surface area contributed by atoms with Gasteiger partial charge in [0, 0.05) is 0 Å². The first-order valence-corrected chi connectivity index (χ1v) is 5.00. The van der Waals surface area contributed by atoms with Gasteiger partial charge >= 0.3 is 5.69 Å². The lowest BCUT2D eigenvalue weighted by Gasteiger charge is -2.23. The summed E-state index contributed by atoms with van der Waals surface area (Å²) in [6.45, 7) is 0.981. The summed E-state index contributed by atoms with van der Waals surface area (Å²) in [7, 11) is 0. The smallest absolute Gasteiger partial charge is 0.331 e. The molecule has 8 heteroatoms. The molecule has 1 aromatic rings. The van der Waals surface area contributed by atoms with E-state index in [1.807, 2.05) is 0 Å². The van der Waals surface area contributed by atoms with Gasteiger partial charge in [-0.25, -0.2) is 4.79 Å². The van der Waals surface area contributed by atoms with E-state index in [4.69, 9.17) is 9.47 Å². The molecule has 2 rings (SSSR count). The normalized spacial score (nSPS) is 20.4. The van der Waals surface area contributed by atoms with Crippen LogP contribution >= 0.6 is 0 Å². The molecule has 1 saturated heterocycles. The maximum Gasteiger partial charge on any atom is 0.331 e. The topological polar surface area (TPSA) is 93.6 Å². The van der Waals surface area contributed by atoms with Crippen molar-refractivity contribution >= 4 is 0 Å². The lowest BCUT2D eigenvalue weighted by atomic mass is 10.3. The quantitative estimate of drug-likeness (QED) is 0.683. The van der Waals surface area contributed by atoms with Crippen LogP contribution in [0.3, 0.4) is 0 Å². The van der Waals surface area contributed by atoms with Crippen LogP contribution in [0.2, 0.25) is 0 Å². The molecule has 94 valence electrons. The van der Waals surface area contributed by atoms with Gasteiger partial charge < -0.3 is 14.6 Å². The number of halogens is 1. The zero-order valence-corrected chi connectivity index (χ0v) is 8.81. The SMILES string of the molecule is O=c1[nH]c(=O)n(CC2COCCO2)c(O)c1F. The van der Waals surface area contributed by atoms with Crippen molar-refractivity contribution in [1.29, 1.82) is 0 Å². The largest absolute Gasteiger partial charge is 0.492 e. The molecule has 1 atom stereocenters. The second-order valence-electron chi connectivity index (χ2n) is 3.58. The molecular formula is C9H11FN2O5. The lowest BCUT2D eigenvalue weighted by molar-refractivity contribution is -0.0945. The summed E-state index contributed by atoms with van der Waals surface area (Å²) in [4.78, 5) is 24.0. The number of ether oxygens (including phenoxy) is 2. The third-order valence-electron chi connectivity index (χ3n) is 2.39. The Morgan fingerprint density at radius 3 is 2.88 bits per heavy atom. The number of aromatic hydroxyl groups is 1. The van der Waals surface area contributed by atoms with E-state index in [-0.39, 0.29) is 13.2 Å². The van der Waals surface area contributed by atoms with Gasteiger partial charge in [0.15, 0.2) is 0 Å². The molecule has 0 saturated carbocycles. The van der Waals surface area contributed by atoms with E-state index in [2.05, 4.69) is 0 Å². The monoisotopic (exact) mass is 246 g/mol. The Morgan fingerprint density at radius 1 is 1.47 bits per heavy atom. The van der Waals surface area contributed by atoms with Gasteiger partial charge in [0.1, 0.15) is 0 Å². The number of nitrogens with one attached hydrogen (secondary N) is 1. The van der Waals surface area contributed by atoms with E-state index in [1.54, 1.807) is 4.98 Å². The van der Waals surface area contributed by atoms with Crippen molar-refractivity contribution in [2.24, 2.45) is 0 Å². The zero-order chi connectivity index (χ0) is 12.4. The summed E-state index contributed by atoms with van der Waals surface area (Å²) in [6, 6.07) is 0. The summed E-state index contributed by atoms with van der Waals surface area (Å²) in [5, 5.41) is 9.36. The first-order valence-electron chi connectivity index (χ1n) is 5.00. The minimum atomic E-state index is -1.39. The lowest BCUT2D eigenvalue weighted by Crippen LogP contribution is -2.39. The summed E-state index contributed by atoms with van der Waals surface area (Å²) >= 11 is 0. The summed E-state index contributed by atoms with van der Waals surface area (Å²) < 4.78 is 24.2. The predicted octanol–water partition coefficient (Wildman–Crippen LogP) is -1.20. The summed E-state index contributed by atoms with van der Waals surface area (Å²) in [5.41, 5.74) is -2.13. The van der Waals surface area contributed by atoms with Crippen molar-refractivity contribution < 1.29 is 19.0 Å². The third-order valence-corrected chi connectivity index (χ3v) is 2.39. The Labute approximate surface area is 94.4 Å². The average molecular weight is 246 g/mol. The fraction of sp³-hybridized carbons (Fsp3) is 0.556. The van der Waals surface area contributed by atoms with Gasteiger partial charge in [-0.15, -0.1) is 0 Å². The molecule has 0 amide bonds. The van der Waals surface area contributed by atoms with Crippen LogP contribution < -0.4 is 11.2 Å². The van der Waals surface area contributed by atoms with Gasteiger partial charge in [-0.05, 0) is 0 Å². The van der Waals surface area contributed by atoms with E-state index in [9.17, 15) is 19.1 Å². The molecule has 1 aliphatic rings. The Bertz CT molecular complexity index is 517. The number of nitrogens with zero attached hydrogens (tertiary/aromatic N) is 1. The van der Waals surface area contributed by atoms with Crippen LogP contribution in [-0.4, -0.2) is 40.6 Å². The average Bonchev–Trinajstić information content (AvgIpc) is 2.33. The highest BCUT2D eigenvalue weighted by Crippen LogP contribution is 2.10. The van der Waals surface area contributed by atoms with Gasteiger partial charge in [-0.3, -0.25) is 14.3 Å². The molecule has 0 aromatic carbocycles. The van der Waals surface area contributed by atoms with Crippen LogP contribution in [0.25, 0.3) is 0 Å². The maximum absolute atomic E-state index is 13.1. The van der Waals surface area contributed by atoms with E-state index in [1.165, 1.54) is 0 Å². The molecule has 1 aromatic heterocycles. The number of aromatic nitrogens is 2. The highest BCUT2D eigenvalue weighted by atomic mass is 19.1. The highest BCUT2D eigenvalue weighted by Gasteiger charge is 2.20. The van der Waals surface area contributed by atoms with Crippen molar-refractivity contribution in [2.75, 3.05) is 19.8 Å². The van der Waals surface area contributed by atoms with E-state index in [0.29, 0.717) is 17.8 Å². The van der Waals surface area contributed by atoms with Crippen molar-refractivity contribution in [3.8, 4) is 5.88 Å². The summed E-state index contributed by atoms with van der Waals surface area (Å²) in [5.74, 6) is -2.38. The Morgan fingerprint density at radius 2 is 2.24 bits per heavy atom. The number of rotatable bonds is 2. The van der Waals surface area contributed by atoms with Crippen LogP contribution in [-0.2, 0) is 16.0 Å².